The molecule has 1 saturated heterocycles. The topological polar surface area (TPSA) is 23.5 Å². The van der Waals surface area contributed by atoms with Gasteiger partial charge in [-0.1, -0.05) is 15.9 Å². The molecule has 0 aromatic heterocycles. The van der Waals surface area contributed by atoms with Gasteiger partial charge in [0, 0.05) is 15.6 Å². The lowest BCUT2D eigenvalue weighted by Crippen LogP contribution is -2.47. The fraction of sp³-hybridized carbons (Fsp3) is 0.571. The number of likely N-dealkylation sites (tertiary alicyclic amines) is 1. The van der Waals surface area contributed by atoms with E-state index in [9.17, 15) is 9.50 Å². The van der Waals surface area contributed by atoms with Gasteiger partial charge < -0.3 is 5.11 Å². The molecule has 0 radical (unpaired) electrons. The summed E-state index contributed by atoms with van der Waals surface area (Å²) in [7, 11) is 0. The summed E-state index contributed by atoms with van der Waals surface area (Å²) in [5.74, 6) is -0.349. The highest BCUT2D eigenvalue weighted by atomic mass is 79.9. The summed E-state index contributed by atoms with van der Waals surface area (Å²) in [6.07, 6.45) is 1.47. The van der Waals surface area contributed by atoms with Crippen LogP contribution in [0.3, 0.4) is 0 Å². The van der Waals surface area contributed by atoms with Crippen LogP contribution in [-0.4, -0.2) is 28.6 Å². The van der Waals surface area contributed by atoms with Gasteiger partial charge in [-0.3, -0.25) is 4.90 Å². The highest BCUT2D eigenvalue weighted by Crippen LogP contribution is 2.35. The van der Waals surface area contributed by atoms with E-state index in [-0.39, 0.29) is 5.82 Å². The maximum atomic E-state index is 13.8. The average Bonchev–Trinajstić information content (AvgIpc) is 2.85. The predicted molar refractivity (Wildman–Crippen MR) is 73.9 cm³/mol. The lowest BCUT2D eigenvalue weighted by atomic mass is 9.89. The summed E-state index contributed by atoms with van der Waals surface area (Å²) >= 11 is 3.32. The van der Waals surface area contributed by atoms with Crippen LogP contribution in [0.15, 0.2) is 22.7 Å². The summed E-state index contributed by atoms with van der Waals surface area (Å²) in [5.41, 5.74) is -0.0840. The molecule has 1 heterocycles. The molecular formula is C14H19BrFNO. The molecule has 1 N–H and O–H groups in total. The quantitative estimate of drug-likeness (QED) is 0.923. The number of aliphatic hydroxyl groups excluding tert-OH is 1. The van der Waals surface area contributed by atoms with Crippen LogP contribution in [0.25, 0.3) is 0 Å². The average molecular weight is 316 g/mol. The third-order valence-corrected chi connectivity index (χ3v) is 4.34. The normalized spacial score (nSPS) is 19.2. The van der Waals surface area contributed by atoms with Gasteiger partial charge in [-0.2, -0.15) is 0 Å². The molecule has 18 heavy (non-hydrogen) atoms. The van der Waals surface area contributed by atoms with Crippen molar-refractivity contribution in [2.45, 2.75) is 38.3 Å². The number of hydrogen-bond donors (Lipinski definition) is 1. The Kier molecular flexibility index (Phi) is 4.09. The van der Waals surface area contributed by atoms with E-state index in [4.69, 9.17) is 0 Å². The van der Waals surface area contributed by atoms with Crippen LogP contribution in [0, 0.1) is 5.82 Å². The smallest absolute Gasteiger partial charge is 0.129 e. The first kappa shape index (κ1) is 14.0. The van der Waals surface area contributed by atoms with E-state index in [0.29, 0.717) is 5.56 Å². The Labute approximate surface area is 116 Å². The Hall–Kier alpha value is -0.450. The second-order valence-corrected chi connectivity index (χ2v) is 6.33. The van der Waals surface area contributed by atoms with Gasteiger partial charge in [-0.15, -0.1) is 0 Å². The first-order chi connectivity index (χ1) is 8.43. The van der Waals surface area contributed by atoms with Crippen molar-refractivity contribution < 1.29 is 9.50 Å². The summed E-state index contributed by atoms with van der Waals surface area (Å²) in [6, 6.07) is 4.70. The van der Waals surface area contributed by atoms with E-state index in [0.717, 1.165) is 30.4 Å². The minimum absolute atomic E-state index is 0.349. The molecule has 1 fully saturated rings. The molecule has 2 rings (SSSR count). The van der Waals surface area contributed by atoms with Gasteiger partial charge in [0.1, 0.15) is 5.82 Å². The Morgan fingerprint density at radius 1 is 1.33 bits per heavy atom. The maximum Gasteiger partial charge on any atom is 0.129 e. The van der Waals surface area contributed by atoms with E-state index in [1.165, 1.54) is 6.07 Å². The predicted octanol–water partition coefficient (Wildman–Crippen LogP) is 3.50. The molecule has 0 aliphatic carbocycles. The van der Waals surface area contributed by atoms with Crippen molar-refractivity contribution in [2.75, 3.05) is 13.1 Å². The largest absolute Gasteiger partial charge is 0.386 e. The molecule has 0 spiro atoms. The summed E-state index contributed by atoms with van der Waals surface area (Å²) in [4.78, 5) is 2.23. The van der Waals surface area contributed by atoms with E-state index in [1.54, 1.807) is 12.1 Å². The molecule has 1 aliphatic heterocycles. The minimum Gasteiger partial charge on any atom is -0.386 e. The fourth-order valence-corrected chi connectivity index (χ4v) is 2.95. The van der Waals surface area contributed by atoms with Gasteiger partial charge in [0.15, 0.2) is 0 Å². The number of rotatable bonds is 3. The third kappa shape index (κ3) is 2.60. The Morgan fingerprint density at radius 2 is 1.94 bits per heavy atom. The van der Waals surface area contributed by atoms with Crippen molar-refractivity contribution in [1.82, 2.24) is 4.90 Å². The van der Waals surface area contributed by atoms with Gasteiger partial charge >= 0.3 is 0 Å². The number of aliphatic hydroxyl groups is 1. The molecule has 0 amide bonds. The third-order valence-electron chi connectivity index (χ3n) is 3.84. The zero-order valence-corrected chi connectivity index (χ0v) is 12.4. The summed E-state index contributed by atoms with van der Waals surface area (Å²) < 4.78 is 14.6. The van der Waals surface area contributed by atoms with E-state index in [1.807, 2.05) is 13.8 Å². The van der Waals surface area contributed by atoms with Crippen LogP contribution in [0.2, 0.25) is 0 Å². The van der Waals surface area contributed by atoms with Crippen molar-refractivity contribution in [3.63, 3.8) is 0 Å². The molecule has 1 aliphatic rings. The van der Waals surface area contributed by atoms with Crippen molar-refractivity contribution in [3.05, 3.63) is 34.1 Å². The molecule has 0 bridgehead atoms. The van der Waals surface area contributed by atoms with Crippen molar-refractivity contribution >= 4 is 15.9 Å². The Morgan fingerprint density at radius 3 is 2.56 bits per heavy atom. The molecule has 1 aromatic rings. The molecule has 1 aromatic carbocycles. The zero-order chi connectivity index (χ0) is 13.3. The van der Waals surface area contributed by atoms with Crippen LogP contribution in [-0.2, 0) is 0 Å². The highest BCUT2D eigenvalue weighted by molar-refractivity contribution is 9.10. The van der Waals surface area contributed by atoms with E-state index < -0.39 is 11.6 Å². The Balaban J connectivity index is 2.28. The molecule has 1 atom stereocenters. The van der Waals surface area contributed by atoms with Crippen LogP contribution in [0.5, 0.6) is 0 Å². The number of nitrogens with zero attached hydrogens (tertiary/aromatic N) is 1. The van der Waals surface area contributed by atoms with Crippen molar-refractivity contribution in [2.24, 2.45) is 0 Å². The van der Waals surface area contributed by atoms with Crippen LogP contribution >= 0.6 is 15.9 Å². The molecule has 0 saturated carbocycles. The van der Waals surface area contributed by atoms with Crippen molar-refractivity contribution in [1.29, 1.82) is 0 Å². The second-order valence-electron chi connectivity index (χ2n) is 5.42. The molecule has 4 heteroatoms. The van der Waals surface area contributed by atoms with Crippen molar-refractivity contribution in [3.8, 4) is 0 Å². The van der Waals surface area contributed by atoms with E-state index >= 15 is 0 Å². The van der Waals surface area contributed by atoms with Gasteiger partial charge in [0.25, 0.3) is 0 Å². The molecular weight excluding hydrogens is 297 g/mol. The van der Waals surface area contributed by atoms with Gasteiger partial charge in [0.2, 0.25) is 0 Å². The van der Waals surface area contributed by atoms with Gasteiger partial charge in [-0.25, -0.2) is 4.39 Å². The monoisotopic (exact) mass is 315 g/mol. The Bertz CT molecular complexity index is 430. The second kappa shape index (κ2) is 5.27. The number of hydrogen-bond acceptors (Lipinski definition) is 2. The SMILES string of the molecule is CC(C)(C(O)c1cc(Br)ccc1F)N1CCCC1. The summed E-state index contributed by atoms with van der Waals surface area (Å²) in [5, 5.41) is 10.5. The lowest BCUT2D eigenvalue weighted by molar-refractivity contribution is -0.000693. The number of benzene rings is 1. The lowest BCUT2D eigenvalue weighted by Gasteiger charge is -2.39. The maximum absolute atomic E-state index is 13.8. The molecule has 2 nitrogen and oxygen atoms in total. The summed E-state index contributed by atoms with van der Waals surface area (Å²) in [6.45, 7) is 5.89. The van der Waals surface area contributed by atoms with Gasteiger partial charge in [0.05, 0.1) is 6.10 Å². The molecule has 100 valence electrons. The van der Waals surface area contributed by atoms with E-state index in [2.05, 4.69) is 20.8 Å². The fourth-order valence-electron chi connectivity index (χ4n) is 2.57. The first-order valence-electron chi connectivity index (χ1n) is 6.31. The first-order valence-corrected chi connectivity index (χ1v) is 7.10. The minimum atomic E-state index is -0.826. The van der Waals surface area contributed by atoms with Crippen LogP contribution in [0.1, 0.15) is 38.4 Å². The zero-order valence-electron chi connectivity index (χ0n) is 10.8. The van der Waals surface area contributed by atoms with Crippen LogP contribution in [0.4, 0.5) is 4.39 Å². The van der Waals surface area contributed by atoms with Crippen LogP contribution < -0.4 is 0 Å². The van der Waals surface area contributed by atoms with Gasteiger partial charge in [-0.05, 0) is 58.0 Å². The standard InChI is InChI=1S/C14H19BrFNO/c1-14(2,17-7-3-4-8-17)13(18)11-9-10(15)5-6-12(11)16/h5-6,9,13,18H,3-4,7-8H2,1-2H3. The number of halogens is 2. The highest BCUT2D eigenvalue weighted by Gasteiger charge is 2.37. The molecule has 1 unspecified atom stereocenters.